The first-order valence-corrected chi connectivity index (χ1v) is 10.1. The molecule has 158 valence electrons. The number of aliphatic hydroxyl groups excluding tert-OH is 1. The number of carboxylic acid groups (broad SMARTS) is 1. The van der Waals surface area contributed by atoms with E-state index in [4.69, 9.17) is 19.7 Å². The van der Waals surface area contributed by atoms with E-state index in [0.29, 0.717) is 32.9 Å². The third-order valence-corrected chi connectivity index (χ3v) is 4.07. The highest BCUT2D eigenvalue weighted by Crippen LogP contribution is 2.09. The number of rotatable bonds is 19. The molecule has 0 radical (unpaired) electrons. The minimum atomic E-state index is -1.13. The van der Waals surface area contributed by atoms with Gasteiger partial charge in [-0.3, -0.25) is 4.79 Å². The Bertz CT molecular complexity index is 400. The monoisotopic (exact) mass is 387 g/mol. The fourth-order valence-corrected chi connectivity index (χ4v) is 2.58. The van der Waals surface area contributed by atoms with Crippen LogP contribution >= 0.6 is 0 Å². The van der Waals surface area contributed by atoms with Crippen molar-refractivity contribution in [3.63, 3.8) is 0 Å². The molecule has 0 fully saturated rings. The molecular formula is C20H37NO6. The Morgan fingerprint density at radius 1 is 0.815 bits per heavy atom. The van der Waals surface area contributed by atoms with E-state index in [2.05, 4.69) is 6.92 Å². The first-order valence-electron chi connectivity index (χ1n) is 10.1. The first kappa shape index (κ1) is 25.6. The van der Waals surface area contributed by atoms with Gasteiger partial charge in [-0.2, -0.15) is 0 Å². The van der Waals surface area contributed by atoms with Crippen molar-refractivity contribution >= 4 is 11.9 Å². The zero-order valence-electron chi connectivity index (χ0n) is 16.7. The van der Waals surface area contributed by atoms with E-state index >= 15 is 0 Å². The van der Waals surface area contributed by atoms with Crippen LogP contribution in [0.2, 0.25) is 0 Å². The maximum Gasteiger partial charge on any atom is 0.328 e. The van der Waals surface area contributed by atoms with Crippen LogP contribution in [0.4, 0.5) is 0 Å². The number of carboxylic acids is 1. The lowest BCUT2D eigenvalue weighted by Gasteiger charge is -2.21. The SMILES string of the molecule is CCCCCCCCCCN(CCOCCOCCO)C(=O)C=CC(=O)O. The van der Waals surface area contributed by atoms with E-state index < -0.39 is 5.97 Å². The van der Waals surface area contributed by atoms with E-state index in [1.54, 1.807) is 4.90 Å². The van der Waals surface area contributed by atoms with Gasteiger partial charge in [0, 0.05) is 25.2 Å². The second-order valence-corrected chi connectivity index (χ2v) is 6.42. The predicted octanol–water partition coefficient (Wildman–Crippen LogP) is 2.62. The molecule has 27 heavy (non-hydrogen) atoms. The lowest BCUT2D eigenvalue weighted by molar-refractivity contribution is -0.132. The van der Waals surface area contributed by atoms with Gasteiger partial charge >= 0.3 is 5.97 Å². The third kappa shape index (κ3) is 17.7. The highest BCUT2D eigenvalue weighted by Gasteiger charge is 2.10. The van der Waals surface area contributed by atoms with E-state index in [0.717, 1.165) is 31.4 Å². The number of aliphatic hydroxyl groups is 1. The predicted molar refractivity (Wildman–Crippen MR) is 105 cm³/mol. The van der Waals surface area contributed by atoms with E-state index in [-0.39, 0.29) is 19.1 Å². The Hall–Kier alpha value is -1.44. The summed E-state index contributed by atoms with van der Waals surface area (Å²) in [6, 6.07) is 0. The second-order valence-electron chi connectivity index (χ2n) is 6.42. The second kappa shape index (κ2) is 19.3. The van der Waals surface area contributed by atoms with Crippen molar-refractivity contribution in [2.75, 3.05) is 46.1 Å². The zero-order valence-corrected chi connectivity index (χ0v) is 16.7. The van der Waals surface area contributed by atoms with Crippen LogP contribution in [0.25, 0.3) is 0 Å². The molecular weight excluding hydrogens is 350 g/mol. The van der Waals surface area contributed by atoms with Gasteiger partial charge in [0.15, 0.2) is 0 Å². The molecule has 1 amide bonds. The van der Waals surface area contributed by atoms with Crippen LogP contribution < -0.4 is 0 Å². The van der Waals surface area contributed by atoms with Crippen molar-refractivity contribution in [2.45, 2.75) is 58.3 Å². The Morgan fingerprint density at radius 3 is 2.00 bits per heavy atom. The van der Waals surface area contributed by atoms with Crippen molar-refractivity contribution in [3.05, 3.63) is 12.2 Å². The topological polar surface area (TPSA) is 96.3 Å². The molecule has 0 unspecified atom stereocenters. The average molecular weight is 388 g/mol. The number of hydrogen-bond donors (Lipinski definition) is 2. The summed E-state index contributed by atoms with van der Waals surface area (Å²) in [5.41, 5.74) is 0. The van der Waals surface area contributed by atoms with Gasteiger partial charge in [0.2, 0.25) is 5.91 Å². The molecule has 0 bridgehead atoms. The third-order valence-electron chi connectivity index (χ3n) is 4.07. The molecule has 0 aromatic rings. The number of amides is 1. The summed E-state index contributed by atoms with van der Waals surface area (Å²) < 4.78 is 10.5. The van der Waals surface area contributed by atoms with Crippen LogP contribution in [-0.4, -0.2) is 73.1 Å². The van der Waals surface area contributed by atoms with Gasteiger partial charge in [0.05, 0.1) is 33.0 Å². The Kier molecular flexibility index (Phi) is 18.3. The smallest absolute Gasteiger partial charge is 0.328 e. The molecule has 0 aromatic heterocycles. The van der Waals surface area contributed by atoms with Crippen molar-refractivity contribution in [3.8, 4) is 0 Å². The lowest BCUT2D eigenvalue weighted by atomic mass is 10.1. The van der Waals surface area contributed by atoms with Gasteiger partial charge in [0.1, 0.15) is 0 Å². The van der Waals surface area contributed by atoms with Gasteiger partial charge < -0.3 is 24.6 Å². The van der Waals surface area contributed by atoms with E-state index in [9.17, 15) is 9.59 Å². The van der Waals surface area contributed by atoms with Crippen molar-refractivity contribution in [2.24, 2.45) is 0 Å². The van der Waals surface area contributed by atoms with Crippen LogP contribution in [0.5, 0.6) is 0 Å². The molecule has 0 atom stereocenters. The van der Waals surface area contributed by atoms with Crippen LogP contribution in [-0.2, 0) is 19.1 Å². The quantitative estimate of drug-likeness (QED) is 0.261. The average Bonchev–Trinajstić information content (AvgIpc) is 2.65. The molecule has 0 spiro atoms. The van der Waals surface area contributed by atoms with Crippen LogP contribution in [0.1, 0.15) is 58.3 Å². The highest BCUT2D eigenvalue weighted by atomic mass is 16.5. The number of aliphatic carboxylic acids is 1. The molecule has 0 heterocycles. The number of hydrogen-bond acceptors (Lipinski definition) is 5. The van der Waals surface area contributed by atoms with Gasteiger partial charge in [-0.25, -0.2) is 4.79 Å². The summed E-state index contributed by atoms with van der Waals surface area (Å²) in [6.45, 7) is 4.64. The Labute approximate surface area is 163 Å². The maximum atomic E-state index is 12.2. The summed E-state index contributed by atoms with van der Waals surface area (Å²) in [5, 5.41) is 17.3. The molecule has 7 heteroatoms. The summed E-state index contributed by atoms with van der Waals surface area (Å²) in [7, 11) is 0. The highest BCUT2D eigenvalue weighted by molar-refractivity contribution is 5.93. The first-order chi connectivity index (χ1) is 13.1. The maximum absolute atomic E-state index is 12.2. The number of nitrogens with zero attached hydrogens (tertiary/aromatic N) is 1. The van der Waals surface area contributed by atoms with Crippen LogP contribution in [0.15, 0.2) is 12.2 Å². The molecule has 0 rings (SSSR count). The lowest BCUT2D eigenvalue weighted by Crippen LogP contribution is -2.34. The fraction of sp³-hybridized carbons (Fsp3) is 0.800. The van der Waals surface area contributed by atoms with Gasteiger partial charge in [-0.15, -0.1) is 0 Å². The molecule has 0 saturated heterocycles. The number of carbonyl (C=O) groups excluding carboxylic acids is 1. The van der Waals surface area contributed by atoms with Gasteiger partial charge in [-0.1, -0.05) is 51.9 Å². The van der Waals surface area contributed by atoms with Crippen molar-refractivity contribution < 1.29 is 29.3 Å². The molecule has 0 aliphatic carbocycles. The van der Waals surface area contributed by atoms with Crippen LogP contribution in [0, 0.1) is 0 Å². The van der Waals surface area contributed by atoms with Crippen molar-refractivity contribution in [1.82, 2.24) is 4.90 Å². The molecule has 0 aliphatic heterocycles. The van der Waals surface area contributed by atoms with Gasteiger partial charge in [0.25, 0.3) is 0 Å². The standard InChI is InChI=1S/C20H37NO6/c1-2-3-4-5-6-7-8-9-12-21(19(23)10-11-20(24)25)13-15-26-17-18-27-16-14-22/h10-11,22H,2-9,12-18H2,1H3,(H,24,25). The molecule has 7 nitrogen and oxygen atoms in total. The summed E-state index contributed by atoms with van der Waals surface area (Å²) in [4.78, 5) is 24.4. The fourth-order valence-electron chi connectivity index (χ4n) is 2.58. The number of unbranched alkanes of at least 4 members (excludes halogenated alkanes) is 7. The summed E-state index contributed by atoms with van der Waals surface area (Å²) in [5.74, 6) is -1.44. The van der Waals surface area contributed by atoms with Crippen molar-refractivity contribution in [1.29, 1.82) is 0 Å². The van der Waals surface area contributed by atoms with Crippen LogP contribution in [0.3, 0.4) is 0 Å². The number of ether oxygens (including phenoxy) is 2. The molecule has 2 N–H and O–H groups in total. The van der Waals surface area contributed by atoms with E-state index in [1.165, 1.54) is 32.1 Å². The molecule has 0 aliphatic rings. The number of carbonyl (C=O) groups is 2. The molecule has 0 aromatic carbocycles. The molecule has 0 saturated carbocycles. The summed E-state index contributed by atoms with van der Waals surface area (Å²) in [6.07, 6.45) is 11.4. The van der Waals surface area contributed by atoms with Gasteiger partial charge in [-0.05, 0) is 6.42 Å². The summed E-state index contributed by atoms with van der Waals surface area (Å²) >= 11 is 0. The Balaban J connectivity index is 4.06. The minimum absolute atomic E-state index is 0.0171. The van der Waals surface area contributed by atoms with E-state index in [1.807, 2.05) is 0 Å². The minimum Gasteiger partial charge on any atom is -0.478 e. The zero-order chi connectivity index (χ0) is 20.2. The largest absolute Gasteiger partial charge is 0.478 e. The normalized spacial score (nSPS) is 11.2. The Morgan fingerprint density at radius 2 is 1.41 bits per heavy atom.